The summed E-state index contributed by atoms with van der Waals surface area (Å²) in [7, 11) is 0. The summed E-state index contributed by atoms with van der Waals surface area (Å²) in [6.45, 7) is 3.62. The van der Waals surface area contributed by atoms with E-state index in [4.69, 9.17) is 4.74 Å². The van der Waals surface area contributed by atoms with Crippen molar-refractivity contribution >= 4 is 11.4 Å². The lowest BCUT2D eigenvalue weighted by atomic mass is 9.99. The number of ether oxygens (including phenoxy) is 1. The van der Waals surface area contributed by atoms with Crippen molar-refractivity contribution in [2.45, 2.75) is 25.9 Å². The average Bonchev–Trinajstić information content (AvgIpc) is 2.84. The number of hydrogen-bond donors (Lipinski definition) is 1. The number of nitro groups is 1. The molecule has 2 rings (SSSR count). The van der Waals surface area contributed by atoms with Gasteiger partial charge in [-0.05, 0) is 18.9 Å². The maximum Gasteiger partial charge on any atom is 0.292 e. The molecule has 0 spiro atoms. The van der Waals surface area contributed by atoms with E-state index in [9.17, 15) is 10.1 Å². The van der Waals surface area contributed by atoms with Crippen molar-refractivity contribution in [1.82, 2.24) is 0 Å². The van der Waals surface area contributed by atoms with Crippen molar-refractivity contribution in [2.75, 3.05) is 18.5 Å². The van der Waals surface area contributed by atoms with Gasteiger partial charge in [0.15, 0.2) is 0 Å². The molecule has 0 amide bonds. The lowest BCUT2D eigenvalue weighted by Crippen LogP contribution is -2.23. The molecule has 0 radical (unpaired) electrons. The van der Waals surface area contributed by atoms with Gasteiger partial charge in [0, 0.05) is 25.1 Å². The number of nitro benzene ring substituents is 1. The van der Waals surface area contributed by atoms with E-state index in [1.54, 1.807) is 18.2 Å². The molecule has 1 N–H and O–H groups in total. The maximum atomic E-state index is 10.9. The molecule has 5 heteroatoms. The number of benzene rings is 1. The summed E-state index contributed by atoms with van der Waals surface area (Å²) in [5, 5.41) is 14.1. The Balaban J connectivity index is 2.00. The van der Waals surface area contributed by atoms with Gasteiger partial charge in [-0.1, -0.05) is 19.1 Å². The zero-order valence-electron chi connectivity index (χ0n) is 10.5. The molecule has 98 valence electrons. The zero-order valence-corrected chi connectivity index (χ0v) is 10.5. The zero-order chi connectivity index (χ0) is 13.0. The third kappa shape index (κ3) is 2.79. The predicted molar refractivity (Wildman–Crippen MR) is 69.7 cm³/mol. The van der Waals surface area contributed by atoms with Gasteiger partial charge in [-0.15, -0.1) is 0 Å². The van der Waals surface area contributed by atoms with Gasteiger partial charge < -0.3 is 10.1 Å². The van der Waals surface area contributed by atoms with E-state index in [1.807, 2.05) is 0 Å². The van der Waals surface area contributed by atoms with Crippen LogP contribution in [0.5, 0.6) is 0 Å². The van der Waals surface area contributed by atoms with Crippen LogP contribution in [-0.2, 0) is 4.74 Å². The van der Waals surface area contributed by atoms with Gasteiger partial charge in [-0.2, -0.15) is 0 Å². The summed E-state index contributed by atoms with van der Waals surface area (Å²) in [5.41, 5.74) is 0.716. The van der Waals surface area contributed by atoms with E-state index in [1.165, 1.54) is 6.07 Å². The summed E-state index contributed by atoms with van der Waals surface area (Å²) in [6.07, 6.45) is 2.29. The van der Waals surface area contributed by atoms with Gasteiger partial charge in [0.05, 0.1) is 11.0 Å². The summed E-state index contributed by atoms with van der Waals surface area (Å²) in [5.74, 6) is 0.440. The highest BCUT2D eigenvalue weighted by Gasteiger charge is 2.26. The van der Waals surface area contributed by atoms with Crippen LogP contribution in [0.15, 0.2) is 24.3 Å². The van der Waals surface area contributed by atoms with Crippen LogP contribution in [0, 0.1) is 16.0 Å². The van der Waals surface area contributed by atoms with Gasteiger partial charge in [0.25, 0.3) is 5.69 Å². The molecule has 1 aromatic carbocycles. The van der Waals surface area contributed by atoms with Crippen molar-refractivity contribution in [1.29, 1.82) is 0 Å². The van der Waals surface area contributed by atoms with Crippen molar-refractivity contribution < 1.29 is 9.66 Å². The average molecular weight is 250 g/mol. The second-order valence-corrected chi connectivity index (χ2v) is 4.52. The monoisotopic (exact) mass is 250 g/mol. The minimum Gasteiger partial charge on any atom is -0.379 e. The Morgan fingerprint density at radius 1 is 1.50 bits per heavy atom. The third-order valence-electron chi connectivity index (χ3n) is 3.40. The summed E-state index contributed by atoms with van der Waals surface area (Å²) < 4.78 is 5.61. The Morgan fingerprint density at radius 3 is 3.00 bits per heavy atom. The highest BCUT2D eigenvalue weighted by molar-refractivity contribution is 5.61. The Hall–Kier alpha value is -1.62. The molecule has 1 saturated heterocycles. The lowest BCUT2D eigenvalue weighted by molar-refractivity contribution is -0.384. The Morgan fingerprint density at radius 2 is 2.28 bits per heavy atom. The number of nitrogens with one attached hydrogen (secondary N) is 1. The van der Waals surface area contributed by atoms with Crippen LogP contribution in [-0.4, -0.2) is 24.2 Å². The van der Waals surface area contributed by atoms with Crippen molar-refractivity contribution in [3.63, 3.8) is 0 Å². The first-order valence-corrected chi connectivity index (χ1v) is 6.31. The molecule has 2 atom stereocenters. The van der Waals surface area contributed by atoms with Crippen molar-refractivity contribution in [3.05, 3.63) is 34.4 Å². The first-order valence-electron chi connectivity index (χ1n) is 6.31. The Kier molecular flexibility index (Phi) is 4.15. The van der Waals surface area contributed by atoms with Crippen LogP contribution in [0.3, 0.4) is 0 Å². The van der Waals surface area contributed by atoms with Gasteiger partial charge in [0.2, 0.25) is 0 Å². The SMILES string of the molecule is CCC1OCCC1CNc1ccccc1[N+](=O)[O-]. The predicted octanol–water partition coefficient (Wildman–Crippen LogP) is 2.82. The van der Waals surface area contributed by atoms with E-state index >= 15 is 0 Å². The first-order chi connectivity index (χ1) is 8.72. The minimum atomic E-state index is -0.356. The number of rotatable bonds is 5. The fourth-order valence-electron chi connectivity index (χ4n) is 2.40. The van der Waals surface area contributed by atoms with Crippen molar-refractivity contribution in [2.24, 2.45) is 5.92 Å². The molecular weight excluding hydrogens is 232 g/mol. The molecule has 1 aromatic rings. The Bertz CT molecular complexity index is 422. The number of anilines is 1. The molecule has 0 saturated carbocycles. The standard InChI is InChI=1S/C13H18N2O3/c1-2-13-10(7-8-18-13)9-14-11-5-3-4-6-12(11)15(16)17/h3-6,10,13-14H,2,7-9H2,1H3. The summed E-state index contributed by atoms with van der Waals surface area (Å²) in [4.78, 5) is 10.5. The summed E-state index contributed by atoms with van der Waals surface area (Å²) in [6, 6.07) is 6.74. The topological polar surface area (TPSA) is 64.4 Å². The van der Waals surface area contributed by atoms with Crippen LogP contribution >= 0.6 is 0 Å². The van der Waals surface area contributed by atoms with Crippen molar-refractivity contribution in [3.8, 4) is 0 Å². The molecular formula is C13H18N2O3. The second-order valence-electron chi connectivity index (χ2n) is 4.52. The normalized spacial score (nSPS) is 22.9. The summed E-state index contributed by atoms with van der Waals surface area (Å²) >= 11 is 0. The molecule has 1 heterocycles. The molecule has 1 aliphatic heterocycles. The quantitative estimate of drug-likeness (QED) is 0.644. The van der Waals surface area contributed by atoms with E-state index < -0.39 is 0 Å². The smallest absolute Gasteiger partial charge is 0.292 e. The Labute approximate surface area is 106 Å². The van der Waals surface area contributed by atoms with Gasteiger partial charge in [-0.3, -0.25) is 10.1 Å². The van der Waals surface area contributed by atoms with Gasteiger partial charge in [-0.25, -0.2) is 0 Å². The fraction of sp³-hybridized carbons (Fsp3) is 0.538. The minimum absolute atomic E-state index is 0.129. The van der Waals surface area contributed by atoms with Crippen LogP contribution in [0.25, 0.3) is 0 Å². The van der Waals surface area contributed by atoms with Crippen LogP contribution in [0.2, 0.25) is 0 Å². The third-order valence-corrected chi connectivity index (χ3v) is 3.40. The molecule has 1 fully saturated rings. The second kappa shape index (κ2) is 5.82. The van der Waals surface area contributed by atoms with E-state index in [0.29, 0.717) is 11.6 Å². The van der Waals surface area contributed by atoms with E-state index in [2.05, 4.69) is 12.2 Å². The van der Waals surface area contributed by atoms with Crippen LogP contribution in [0.1, 0.15) is 19.8 Å². The maximum absolute atomic E-state index is 10.9. The molecule has 0 aliphatic carbocycles. The largest absolute Gasteiger partial charge is 0.379 e. The van der Waals surface area contributed by atoms with Crippen LogP contribution in [0.4, 0.5) is 11.4 Å². The number of nitrogens with zero attached hydrogens (tertiary/aromatic N) is 1. The van der Waals surface area contributed by atoms with E-state index in [0.717, 1.165) is 26.0 Å². The number of para-hydroxylation sites is 2. The van der Waals surface area contributed by atoms with Crippen LogP contribution < -0.4 is 5.32 Å². The molecule has 0 aromatic heterocycles. The molecule has 5 nitrogen and oxygen atoms in total. The molecule has 1 aliphatic rings. The lowest BCUT2D eigenvalue weighted by Gasteiger charge is -2.17. The highest BCUT2D eigenvalue weighted by Crippen LogP contribution is 2.27. The fourth-order valence-corrected chi connectivity index (χ4v) is 2.40. The van der Waals surface area contributed by atoms with E-state index in [-0.39, 0.29) is 16.7 Å². The molecule has 18 heavy (non-hydrogen) atoms. The molecule has 2 unspecified atom stereocenters. The van der Waals surface area contributed by atoms with Gasteiger partial charge >= 0.3 is 0 Å². The first kappa shape index (κ1) is 12.8. The molecule has 0 bridgehead atoms. The van der Waals surface area contributed by atoms with Gasteiger partial charge in [0.1, 0.15) is 5.69 Å². The highest BCUT2D eigenvalue weighted by atomic mass is 16.6. The number of hydrogen-bond acceptors (Lipinski definition) is 4.